The van der Waals surface area contributed by atoms with Crippen LogP contribution < -0.4 is 10.1 Å². The van der Waals surface area contributed by atoms with Crippen LogP contribution in [-0.2, 0) is 0 Å². The molecule has 102 valence electrons. The van der Waals surface area contributed by atoms with Crippen molar-refractivity contribution in [2.24, 2.45) is 11.8 Å². The van der Waals surface area contributed by atoms with Gasteiger partial charge >= 0.3 is 0 Å². The average molecular weight is 249 g/mol. The first-order valence-electron chi connectivity index (χ1n) is 7.06. The van der Waals surface area contributed by atoms with Crippen LogP contribution in [0.5, 0.6) is 5.75 Å². The number of rotatable bonds is 8. The first kappa shape index (κ1) is 15.0. The summed E-state index contributed by atoms with van der Waals surface area (Å²) in [6.45, 7) is 10.8. The Bertz CT molecular complexity index is 310. The van der Waals surface area contributed by atoms with Gasteiger partial charge in [-0.05, 0) is 43.9 Å². The van der Waals surface area contributed by atoms with E-state index in [2.05, 4.69) is 33.0 Å². The minimum Gasteiger partial charge on any atom is -0.494 e. The van der Waals surface area contributed by atoms with E-state index < -0.39 is 0 Å². The Balaban J connectivity index is 2.38. The predicted molar refractivity (Wildman–Crippen MR) is 78.0 cm³/mol. The second-order valence-electron chi connectivity index (χ2n) is 5.20. The van der Waals surface area contributed by atoms with Crippen LogP contribution in [0.2, 0.25) is 0 Å². The van der Waals surface area contributed by atoms with Gasteiger partial charge in [-0.3, -0.25) is 0 Å². The van der Waals surface area contributed by atoms with Gasteiger partial charge in [-0.15, -0.1) is 0 Å². The summed E-state index contributed by atoms with van der Waals surface area (Å²) < 4.78 is 5.79. The van der Waals surface area contributed by atoms with Crippen LogP contribution in [0.25, 0.3) is 0 Å². The average Bonchev–Trinajstić information content (AvgIpc) is 2.35. The van der Waals surface area contributed by atoms with E-state index in [1.54, 1.807) is 0 Å². The Morgan fingerprint density at radius 3 is 2.33 bits per heavy atom. The summed E-state index contributed by atoms with van der Waals surface area (Å²) >= 11 is 0. The SMILES string of the molecule is CCNC(C)C(CCOc1ccccc1)C(C)C. The van der Waals surface area contributed by atoms with Gasteiger partial charge in [0.05, 0.1) is 6.61 Å². The molecule has 0 aliphatic rings. The van der Waals surface area contributed by atoms with Crippen molar-refractivity contribution in [1.29, 1.82) is 0 Å². The molecule has 2 atom stereocenters. The maximum atomic E-state index is 5.79. The van der Waals surface area contributed by atoms with Gasteiger partial charge in [-0.1, -0.05) is 39.0 Å². The van der Waals surface area contributed by atoms with E-state index in [1.807, 2.05) is 30.3 Å². The molecule has 0 saturated carbocycles. The van der Waals surface area contributed by atoms with Crippen molar-refractivity contribution in [3.63, 3.8) is 0 Å². The van der Waals surface area contributed by atoms with Crippen LogP contribution in [-0.4, -0.2) is 19.2 Å². The fourth-order valence-electron chi connectivity index (χ4n) is 2.46. The maximum Gasteiger partial charge on any atom is 0.119 e. The summed E-state index contributed by atoms with van der Waals surface area (Å²) in [5.74, 6) is 2.31. The van der Waals surface area contributed by atoms with Gasteiger partial charge in [-0.25, -0.2) is 0 Å². The first-order chi connectivity index (χ1) is 8.65. The fraction of sp³-hybridized carbons (Fsp3) is 0.625. The van der Waals surface area contributed by atoms with Crippen molar-refractivity contribution in [3.05, 3.63) is 30.3 Å². The van der Waals surface area contributed by atoms with Crippen LogP contribution >= 0.6 is 0 Å². The van der Waals surface area contributed by atoms with Crippen LogP contribution in [0.1, 0.15) is 34.1 Å². The van der Waals surface area contributed by atoms with Crippen molar-refractivity contribution in [3.8, 4) is 5.75 Å². The van der Waals surface area contributed by atoms with E-state index in [-0.39, 0.29) is 0 Å². The van der Waals surface area contributed by atoms with Gasteiger partial charge in [0, 0.05) is 6.04 Å². The lowest BCUT2D eigenvalue weighted by molar-refractivity contribution is 0.214. The van der Waals surface area contributed by atoms with Gasteiger partial charge in [0.25, 0.3) is 0 Å². The van der Waals surface area contributed by atoms with E-state index in [4.69, 9.17) is 4.74 Å². The number of hydrogen-bond donors (Lipinski definition) is 1. The molecule has 1 rings (SSSR count). The first-order valence-corrected chi connectivity index (χ1v) is 7.06. The van der Waals surface area contributed by atoms with E-state index in [0.717, 1.165) is 25.3 Å². The van der Waals surface area contributed by atoms with Crippen molar-refractivity contribution in [2.75, 3.05) is 13.2 Å². The minimum atomic E-state index is 0.550. The molecule has 2 heteroatoms. The second-order valence-corrected chi connectivity index (χ2v) is 5.20. The maximum absolute atomic E-state index is 5.79. The van der Waals surface area contributed by atoms with E-state index in [1.165, 1.54) is 0 Å². The summed E-state index contributed by atoms with van der Waals surface area (Å²) in [6.07, 6.45) is 1.10. The highest BCUT2D eigenvalue weighted by Gasteiger charge is 2.19. The molecule has 0 radical (unpaired) electrons. The monoisotopic (exact) mass is 249 g/mol. The van der Waals surface area contributed by atoms with Crippen LogP contribution in [0.15, 0.2) is 30.3 Å². The molecule has 0 aromatic heterocycles. The van der Waals surface area contributed by atoms with Crippen molar-refractivity contribution >= 4 is 0 Å². The molecule has 0 fully saturated rings. The van der Waals surface area contributed by atoms with Gasteiger partial charge in [0.1, 0.15) is 5.75 Å². The lowest BCUT2D eigenvalue weighted by Crippen LogP contribution is -2.36. The highest BCUT2D eigenvalue weighted by molar-refractivity contribution is 5.20. The Kier molecular flexibility index (Phi) is 6.81. The molecule has 0 aliphatic heterocycles. The molecule has 18 heavy (non-hydrogen) atoms. The molecule has 1 aromatic carbocycles. The molecule has 1 N–H and O–H groups in total. The molecule has 2 nitrogen and oxygen atoms in total. The molecule has 0 saturated heterocycles. The van der Waals surface area contributed by atoms with Crippen molar-refractivity contribution in [1.82, 2.24) is 5.32 Å². The Labute approximate surface area is 112 Å². The lowest BCUT2D eigenvalue weighted by Gasteiger charge is -2.28. The van der Waals surface area contributed by atoms with Crippen LogP contribution in [0.4, 0.5) is 0 Å². The summed E-state index contributed by atoms with van der Waals surface area (Å²) in [7, 11) is 0. The fourth-order valence-corrected chi connectivity index (χ4v) is 2.46. The molecule has 0 aliphatic carbocycles. The summed E-state index contributed by atoms with van der Waals surface area (Å²) in [6, 6.07) is 10.6. The number of hydrogen-bond acceptors (Lipinski definition) is 2. The molecule has 1 aromatic rings. The van der Waals surface area contributed by atoms with Crippen LogP contribution in [0, 0.1) is 11.8 Å². The van der Waals surface area contributed by atoms with Gasteiger partial charge < -0.3 is 10.1 Å². The third-order valence-corrected chi connectivity index (χ3v) is 3.49. The molecule has 0 heterocycles. The molecule has 0 bridgehead atoms. The van der Waals surface area contributed by atoms with Gasteiger partial charge in [0.15, 0.2) is 0 Å². The number of benzene rings is 1. The zero-order valence-electron chi connectivity index (χ0n) is 12.1. The topological polar surface area (TPSA) is 21.3 Å². The Morgan fingerprint density at radius 1 is 1.11 bits per heavy atom. The number of nitrogens with one attached hydrogen (secondary N) is 1. The number of ether oxygens (including phenoxy) is 1. The zero-order chi connectivity index (χ0) is 13.4. The molecule has 0 spiro atoms. The van der Waals surface area contributed by atoms with Crippen LogP contribution in [0.3, 0.4) is 0 Å². The van der Waals surface area contributed by atoms with Crippen molar-refractivity contribution in [2.45, 2.75) is 40.2 Å². The highest BCUT2D eigenvalue weighted by Crippen LogP contribution is 2.20. The summed E-state index contributed by atoms with van der Waals surface area (Å²) in [5, 5.41) is 3.52. The number of para-hydroxylation sites is 1. The summed E-state index contributed by atoms with van der Waals surface area (Å²) in [4.78, 5) is 0. The van der Waals surface area contributed by atoms with E-state index in [9.17, 15) is 0 Å². The minimum absolute atomic E-state index is 0.550. The Morgan fingerprint density at radius 2 is 1.78 bits per heavy atom. The lowest BCUT2D eigenvalue weighted by atomic mass is 9.86. The van der Waals surface area contributed by atoms with Gasteiger partial charge in [-0.2, -0.15) is 0 Å². The molecular formula is C16H27NO. The summed E-state index contributed by atoms with van der Waals surface area (Å²) in [5.41, 5.74) is 0. The zero-order valence-corrected chi connectivity index (χ0v) is 12.1. The highest BCUT2D eigenvalue weighted by atomic mass is 16.5. The third-order valence-electron chi connectivity index (χ3n) is 3.49. The quantitative estimate of drug-likeness (QED) is 0.758. The van der Waals surface area contributed by atoms with Gasteiger partial charge in [0.2, 0.25) is 0 Å². The third kappa shape index (κ3) is 5.09. The van der Waals surface area contributed by atoms with E-state index in [0.29, 0.717) is 17.9 Å². The largest absolute Gasteiger partial charge is 0.494 e. The van der Waals surface area contributed by atoms with Crippen molar-refractivity contribution < 1.29 is 4.74 Å². The standard InChI is InChI=1S/C16H27NO/c1-5-17-14(4)16(13(2)3)11-12-18-15-9-7-6-8-10-15/h6-10,13-14,16-17H,5,11-12H2,1-4H3. The molecule has 0 amide bonds. The molecule has 2 unspecified atom stereocenters. The second kappa shape index (κ2) is 8.15. The Hall–Kier alpha value is -1.02. The molecular weight excluding hydrogens is 222 g/mol. The van der Waals surface area contributed by atoms with E-state index >= 15 is 0 Å². The smallest absolute Gasteiger partial charge is 0.119 e. The predicted octanol–water partition coefficient (Wildman–Crippen LogP) is 3.73. The normalized spacial score (nSPS) is 14.5.